The lowest BCUT2D eigenvalue weighted by molar-refractivity contribution is 0.355. The summed E-state index contributed by atoms with van der Waals surface area (Å²) < 4.78 is 0. The zero-order chi connectivity index (χ0) is 12.9. The maximum atomic E-state index is 2.56. The summed E-state index contributed by atoms with van der Waals surface area (Å²) in [6, 6.07) is 0. The molecule has 0 fully saturated rings. The first kappa shape index (κ1) is 16.5. The Labute approximate surface area is 109 Å². The van der Waals surface area contributed by atoms with Gasteiger partial charge >= 0.3 is 0 Å². The van der Waals surface area contributed by atoms with E-state index in [4.69, 9.17) is 0 Å². The van der Waals surface area contributed by atoms with Crippen molar-refractivity contribution in [2.45, 2.75) is 79.1 Å². The summed E-state index contributed by atoms with van der Waals surface area (Å²) in [4.78, 5) is 2.56. The van der Waals surface area contributed by atoms with Crippen molar-refractivity contribution in [1.29, 1.82) is 0 Å². The van der Waals surface area contributed by atoms with Gasteiger partial charge in [-0.3, -0.25) is 0 Å². The summed E-state index contributed by atoms with van der Waals surface area (Å²) in [5.41, 5.74) is 1.64. The normalized spacial score (nSPS) is 11.9. The molecule has 17 heavy (non-hydrogen) atoms. The van der Waals surface area contributed by atoms with E-state index in [0.29, 0.717) is 0 Å². The van der Waals surface area contributed by atoms with Gasteiger partial charge in [0.2, 0.25) is 0 Å². The van der Waals surface area contributed by atoms with E-state index in [1.807, 2.05) is 0 Å². The van der Waals surface area contributed by atoms with Gasteiger partial charge in [-0.25, -0.2) is 0 Å². The lowest BCUT2D eigenvalue weighted by Gasteiger charge is -2.22. The highest BCUT2D eigenvalue weighted by Crippen LogP contribution is 2.13. The van der Waals surface area contributed by atoms with Crippen molar-refractivity contribution in [3.8, 4) is 0 Å². The molecule has 0 unspecified atom stereocenters. The van der Waals surface area contributed by atoms with Crippen LogP contribution in [0.25, 0.3) is 0 Å². The molecule has 102 valence electrons. The third-order valence-corrected chi connectivity index (χ3v) is 3.27. The highest BCUT2D eigenvalue weighted by Gasteiger charge is 2.01. The van der Waals surface area contributed by atoms with Crippen LogP contribution in [0.1, 0.15) is 79.1 Å². The predicted octanol–water partition coefficient (Wildman–Crippen LogP) is 5.37. The number of allylic oxidation sites excluding steroid dienone is 1. The average Bonchev–Trinajstić information content (AvgIpc) is 2.36. The van der Waals surface area contributed by atoms with Crippen molar-refractivity contribution in [1.82, 2.24) is 4.90 Å². The smallest absolute Gasteiger partial charge is 0.0172 e. The second kappa shape index (κ2) is 12.0. The fourth-order valence-electron chi connectivity index (χ4n) is 1.96. The van der Waals surface area contributed by atoms with E-state index in [2.05, 4.69) is 38.8 Å². The Hall–Kier alpha value is -0.460. The third kappa shape index (κ3) is 9.26. The highest BCUT2D eigenvalue weighted by molar-refractivity contribution is 5.00. The van der Waals surface area contributed by atoms with Crippen LogP contribution in [0.5, 0.6) is 0 Å². The first-order valence-corrected chi connectivity index (χ1v) is 7.71. The molecular formula is C16H33N. The molecule has 0 radical (unpaired) electrons. The molecule has 0 heterocycles. The monoisotopic (exact) mass is 239 g/mol. The van der Waals surface area contributed by atoms with Crippen LogP contribution in [-0.4, -0.2) is 18.0 Å². The molecule has 0 aliphatic heterocycles. The molecule has 0 spiro atoms. The molecule has 0 bridgehead atoms. The van der Waals surface area contributed by atoms with Crippen LogP contribution in [0.3, 0.4) is 0 Å². The standard InChI is InChI=1S/C16H33N/c1-5-9-12-16(8-4)15-17(13-10-6-2)14-11-7-3/h15H,5-14H2,1-4H3/b16-15+. The maximum absolute atomic E-state index is 2.56. The highest BCUT2D eigenvalue weighted by atomic mass is 15.1. The molecule has 0 aromatic rings. The summed E-state index contributed by atoms with van der Waals surface area (Å²) >= 11 is 0. The Morgan fingerprint density at radius 1 is 0.824 bits per heavy atom. The Kier molecular flexibility index (Phi) is 11.7. The van der Waals surface area contributed by atoms with Crippen LogP contribution < -0.4 is 0 Å². The molecule has 0 N–H and O–H groups in total. The molecule has 0 atom stereocenters. The Bertz CT molecular complexity index is 176. The molecule has 0 saturated carbocycles. The van der Waals surface area contributed by atoms with Crippen LogP contribution in [-0.2, 0) is 0 Å². The SMILES string of the molecule is CCCC/C(=C/N(CCCC)CCCC)CC. The van der Waals surface area contributed by atoms with Crippen LogP contribution >= 0.6 is 0 Å². The topological polar surface area (TPSA) is 3.24 Å². The molecule has 0 aliphatic carbocycles. The number of nitrogens with zero attached hydrogens (tertiary/aromatic N) is 1. The van der Waals surface area contributed by atoms with Crippen LogP contribution in [0.15, 0.2) is 11.8 Å². The third-order valence-electron chi connectivity index (χ3n) is 3.27. The lowest BCUT2D eigenvalue weighted by Crippen LogP contribution is -2.20. The second-order valence-corrected chi connectivity index (χ2v) is 4.99. The van der Waals surface area contributed by atoms with Gasteiger partial charge in [0.15, 0.2) is 0 Å². The van der Waals surface area contributed by atoms with E-state index in [1.165, 1.54) is 64.5 Å². The van der Waals surface area contributed by atoms with E-state index in [-0.39, 0.29) is 0 Å². The molecule has 0 saturated heterocycles. The van der Waals surface area contributed by atoms with Crippen molar-refractivity contribution in [3.63, 3.8) is 0 Å². The predicted molar refractivity (Wildman–Crippen MR) is 79.3 cm³/mol. The van der Waals surface area contributed by atoms with Gasteiger partial charge in [-0.2, -0.15) is 0 Å². The second-order valence-electron chi connectivity index (χ2n) is 4.99. The average molecular weight is 239 g/mol. The molecule has 0 amide bonds. The van der Waals surface area contributed by atoms with Gasteiger partial charge in [0, 0.05) is 13.1 Å². The van der Waals surface area contributed by atoms with Crippen LogP contribution in [0.4, 0.5) is 0 Å². The fourth-order valence-corrected chi connectivity index (χ4v) is 1.96. The van der Waals surface area contributed by atoms with E-state index < -0.39 is 0 Å². The van der Waals surface area contributed by atoms with Crippen molar-refractivity contribution in [2.24, 2.45) is 0 Å². The van der Waals surface area contributed by atoms with Gasteiger partial charge in [-0.05, 0) is 38.3 Å². The minimum atomic E-state index is 1.22. The Morgan fingerprint density at radius 2 is 1.35 bits per heavy atom. The summed E-state index contributed by atoms with van der Waals surface area (Å²) in [5, 5.41) is 0. The van der Waals surface area contributed by atoms with Crippen molar-refractivity contribution >= 4 is 0 Å². The van der Waals surface area contributed by atoms with E-state index in [9.17, 15) is 0 Å². The van der Waals surface area contributed by atoms with Gasteiger partial charge in [-0.1, -0.05) is 52.5 Å². The zero-order valence-corrected chi connectivity index (χ0v) is 12.6. The quantitative estimate of drug-likeness (QED) is 0.468. The summed E-state index contributed by atoms with van der Waals surface area (Å²) in [6.07, 6.45) is 12.9. The molecular weight excluding hydrogens is 206 g/mol. The van der Waals surface area contributed by atoms with Gasteiger partial charge in [-0.15, -0.1) is 0 Å². The molecule has 0 rings (SSSR count). The molecule has 1 nitrogen and oxygen atoms in total. The number of hydrogen-bond acceptors (Lipinski definition) is 1. The minimum absolute atomic E-state index is 1.22. The molecule has 1 heteroatoms. The zero-order valence-electron chi connectivity index (χ0n) is 12.6. The van der Waals surface area contributed by atoms with Crippen molar-refractivity contribution < 1.29 is 0 Å². The minimum Gasteiger partial charge on any atom is -0.377 e. The molecule has 0 aromatic carbocycles. The molecule has 0 aromatic heterocycles. The van der Waals surface area contributed by atoms with Crippen molar-refractivity contribution in [2.75, 3.05) is 13.1 Å². The summed E-state index contributed by atoms with van der Waals surface area (Å²) in [5.74, 6) is 0. The number of hydrogen-bond donors (Lipinski definition) is 0. The van der Waals surface area contributed by atoms with Gasteiger partial charge in [0.25, 0.3) is 0 Å². The Balaban J connectivity index is 4.25. The van der Waals surface area contributed by atoms with Gasteiger partial charge < -0.3 is 4.90 Å². The fraction of sp³-hybridized carbons (Fsp3) is 0.875. The Morgan fingerprint density at radius 3 is 1.76 bits per heavy atom. The van der Waals surface area contributed by atoms with Crippen LogP contribution in [0, 0.1) is 0 Å². The first-order chi connectivity index (χ1) is 8.28. The maximum Gasteiger partial charge on any atom is 0.0172 e. The number of unbranched alkanes of at least 4 members (excludes halogenated alkanes) is 3. The summed E-state index contributed by atoms with van der Waals surface area (Å²) in [7, 11) is 0. The molecule has 0 aliphatic rings. The van der Waals surface area contributed by atoms with Crippen molar-refractivity contribution in [3.05, 3.63) is 11.8 Å². The first-order valence-electron chi connectivity index (χ1n) is 7.71. The number of rotatable bonds is 11. The van der Waals surface area contributed by atoms with E-state index in [1.54, 1.807) is 5.57 Å². The van der Waals surface area contributed by atoms with Crippen LogP contribution in [0.2, 0.25) is 0 Å². The van der Waals surface area contributed by atoms with E-state index >= 15 is 0 Å². The van der Waals surface area contributed by atoms with E-state index in [0.717, 1.165) is 0 Å². The van der Waals surface area contributed by atoms with Gasteiger partial charge in [0.05, 0.1) is 0 Å². The lowest BCUT2D eigenvalue weighted by atomic mass is 10.1. The van der Waals surface area contributed by atoms with Gasteiger partial charge in [0.1, 0.15) is 0 Å². The largest absolute Gasteiger partial charge is 0.377 e. The summed E-state index contributed by atoms with van der Waals surface area (Å²) in [6.45, 7) is 11.6.